The molecule has 0 aliphatic heterocycles. The van der Waals surface area contributed by atoms with Crippen molar-refractivity contribution in [2.45, 2.75) is 26.7 Å². The third-order valence-electron chi connectivity index (χ3n) is 2.99. The van der Waals surface area contributed by atoms with Crippen molar-refractivity contribution >= 4 is 27.5 Å². The zero-order chi connectivity index (χ0) is 15.2. The molecular formula is C14H18N2O4S. The summed E-state index contributed by atoms with van der Waals surface area (Å²) in [5.74, 6) is -0.537. The van der Waals surface area contributed by atoms with Crippen molar-refractivity contribution in [1.82, 2.24) is 9.97 Å². The molecule has 2 rings (SSSR count). The smallest absolute Gasteiger partial charge is 0.346 e. The highest BCUT2D eigenvalue weighted by atomic mass is 32.1. The maximum atomic E-state index is 11.2. The van der Waals surface area contributed by atoms with Crippen LogP contribution in [0.4, 0.5) is 0 Å². The quantitative estimate of drug-likeness (QED) is 0.755. The maximum Gasteiger partial charge on any atom is 0.346 e. The summed E-state index contributed by atoms with van der Waals surface area (Å²) in [6.45, 7) is 5.45. The van der Waals surface area contributed by atoms with E-state index in [1.807, 2.05) is 0 Å². The summed E-state index contributed by atoms with van der Waals surface area (Å²) < 4.78 is 11.0. The molecule has 0 bridgehead atoms. The van der Waals surface area contributed by atoms with Gasteiger partial charge in [0, 0.05) is 6.61 Å². The van der Waals surface area contributed by atoms with Crippen molar-refractivity contribution in [3.8, 4) is 5.88 Å². The summed E-state index contributed by atoms with van der Waals surface area (Å²) in [6.07, 6.45) is 3.51. The van der Waals surface area contributed by atoms with Crippen LogP contribution < -0.4 is 4.74 Å². The number of aryl methyl sites for hydroxylation is 1. The van der Waals surface area contributed by atoms with Crippen LogP contribution in [-0.2, 0) is 4.74 Å². The highest BCUT2D eigenvalue weighted by molar-refractivity contribution is 7.20. The molecule has 0 atom stereocenters. The SMILES string of the molecule is CCCCOCCOc1ncnc2sc(C(=O)O)c(C)c12. The molecule has 6 nitrogen and oxygen atoms in total. The van der Waals surface area contributed by atoms with Gasteiger partial charge in [0.05, 0.1) is 12.0 Å². The first-order chi connectivity index (χ1) is 10.1. The molecule has 0 amide bonds. The van der Waals surface area contributed by atoms with Crippen LogP contribution in [-0.4, -0.2) is 40.9 Å². The second kappa shape index (κ2) is 7.33. The number of aromatic carboxylic acids is 1. The molecule has 2 aromatic heterocycles. The van der Waals surface area contributed by atoms with E-state index in [9.17, 15) is 4.79 Å². The molecule has 7 heteroatoms. The third kappa shape index (κ3) is 3.68. The maximum absolute atomic E-state index is 11.2. The molecule has 0 aliphatic rings. The minimum atomic E-state index is -0.954. The number of carboxylic acids is 1. The average Bonchev–Trinajstić information content (AvgIpc) is 2.81. The van der Waals surface area contributed by atoms with Crippen LogP contribution in [0.25, 0.3) is 10.2 Å². The Balaban J connectivity index is 2.08. The molecule has 0 fully saturated rings. The predicted molar refractivity (Wildman–Crippen MR) is 80.3 cm³/mol. The van der Waals surface area contributed by atoms with Crippen LogP contribution in [0.1, 0.15) is 35.0 Å². The minimum Gasteiger partial charge on any atom is -0.477 e. The second-order valence-corrected chi connectivity index (χ2v) is 5.53. The molecule has 0 unspecified atom stereocenters. The first kappa shape index (κ1) is 15.7. The van der Waals surface area contributed by atoms with Gasteiger partial charge in [-0.3, -0.25) is 0 Å². The molecule has 1 N–H and O–H groups in total. The second-order valence-electron chi connectivity index (χ2n) is 4.53. The lowest BCUT2D eigenvalue weighted by atomic mass is 10.2. The van der Waals surface area contributed by atoms with Gasteiger partial charge in [-0.1, -0.05) is 13.3 Å². The van der Waals surface area contributed by atoms with Crippen LogP contribution in [0.5, 0.6) is 5.88 Å². The molecule has 0 aromatic carbocycles. The van der Waals surface area contributed by atoms with Gasteiger partial charge in [0.25, 0.3) is 0 Å². The van der Waals surface area contributed by atoms with E-state index in [0.717, 1.165) is 30.8 Å². The Morgan fingerprint density at radius 3 is 2.86 bits per heavy atom. The zero-order valence-electron chi connectivity index (χ0n) is 12.1. The van der Waals surface area contributed by atoms with E-state index in [-0.39, 0.29) is 4.88 Å². The number of carbonyl (C=O) groups is 1. The van der Waals surface area contributed by atoms with Gasteiger partial charge < -0.3 is 14.6 Å². The van der Waals surface area contributed by atoms with Crippen molar-refractivity contribution in [1.29, 1.82) is 0 Å². The average molecular weight is 310 g/mol. The topological polar surface area (TPSA) is 81.5 Å². The number of carboxylic acid groups (broad SMARTS) is 1. The van der Waals surface area contributed by atoms with Gasteiger partial charge in [0.2, 0.25) is 5.88 Å². The van der Waals surface area contributed by atoms with E-state index < -0.39 is 5.97 Å². The van der Waals surface area contributed by atoms with Crippen LogP contribution in [0.2, 0.25) is 0 Å². The molecule has 0 saturated heterocycles. The van der Waals surface area contributed by atoms with Gasteiger partial charge in [-0.25, -0.2) is 14.8 Å². The van der Waals surface area contributed by atoms with Crippen molar-refractivity contribution in [2.24, 2.45) is 0 Å². The number of unbranched alkanes of at least 4 members (excludes halogenated alkanes) is 1. The summed E-state index contributed by atoms with van der Waals surface area (Å²) >= 11 is 1.13. The van der Waals surface area contributed by atoms with E-state index in [1.165, 1.54) is 6.33 Å². The fourth-order valence-electron chi connectivity index (χ4n) is 1.90. The molecule has 0 spiro atoms. The lowest BCUT2D eigenvalue weighted by Gasteiger charge is -2.07. The molecule has 114 valence electrons. The standard InChI is InChI=1S/C14H18N2O4S/c1-3-4-5-19-6-7-20-12-10-9(2)11(14(17)18)21-13(10)16-8-15-12/h8H,3-7H2,1-2H3,(H,17,18). The van der Waals surface area contributed by atoms with Gasteiger partial charge in [0.15, 0.2) is 0 Å². The van der Waals surface area contributed by atoms with Crippen LogP contribution >= 0.6 is 11.3 Å². The molecule has 21 heavy (non-hydrogen) atoms. The lowest BCUT2D eigenvalue weighted by molar-refractivity contribution is 0.0701. The number of thiophene rings is 1. The predicted octanol–water partition coefficient (Wildman–Crippen LogP) is 2.89. The van der Waals surface area contributed by atoms with Crippen LogP contribution in [0.15, 0.2) is 6.33 Å². The first-order valence-electron chi connectivity index (χ1n) is 6.83. The Hall–Kier alpha value is -1.73. The van der Waals surface area contributed by atoms with Crippen LogP contribution in [0.3, 0.4) is 0 Å². The number of hydrogen-bond acceptors (Lipinski definition) is 6. The molecular weight excluding hydrogens is 292 g/mol. The summed E-state index contributed by atoms with van der Waals surface area (Å²) in [5.41, 5.74) is 0.644. The van der Waals surface area contributed by atoms with Gasteiger partial charge in [-0.05, 0) is 18.9 Å². The summed E-state index contributed by atoms with van der Waals surface area (Å²) in [6, 6.07) is 0. The Kier molecular flexibility index (Phi) is 5.46. The third-order valence-corrected chi connectivity index (χ3v) is 4.18. The molecule has 2 aromatic rings. The number of aromatic nitrogens is 2. The first-order valence-corrected chi connectivity index (χ1v) is 7.64. The fourth-order valence-corrected chi connectivity index (χ4v) is 2.88. The van der Waals surface area contributed by atoms with E-state index in [2.05, 4.69) is 16.9 Å². The van der Waals surface area contributed by atoms with Gasteiger partial charge in [-0.15, -0.1) is 11.3 Å². The number of ether oxygens (including phenoxy) is 2. The summed E-state index contributed by atoms with van der Waals surface area (Å²) in [5, 5.41) is 9.83. The van der Waals surface area contributed by atoms with Gasteiger partial charge in [0.1, 0.15) is 22.6 Å². The lowest BCUT2D eigenvalue weighted by Crippen LogP contribution is -2.08. The molecule has 0 aliphatic carbocycles. The Morgan fingerprint density at radius 1 is 1.33 bits per heavy atom. The zero-order valence-corrected chi connectivity index (χ0v) is 12.9. The number of fused-ring (bicyclic) bond motifs is 1. The van der Waals surface area contributed by atoms with Crippen molar-refractivity contribution in [2.75, 3.05) is 19.8 Å². The van der Waals surface area contributed by atoms with Crippen molar-refractivity contribution < 1.29 is 19.4 Å². The monoisotopic (exact) mass is 310 g/mol. The molecule has 0 saturated carbocycles. The normalized spacial score (nSPS) is 11.0. The largest absolute Gasteiger partial charge is 0.477 e. The van der Waals surface area contributed by atoms with E-state index in [4.69, 9.17) is 14.6 Å². The van der Waals surface area contributed by atoms with Crippen molar-refractivity contribution in [3.05, 3.63) is 16.8 Å². The molecule has 2 heterocycles. The Labute approximate surface area is 126 Å². The number of nitrogens with zero attached hydrogens (tertiary/aromatic N) is 2. The Bertz CT molecular complexity index is 627. The van der Waals surface area contributed by atoms with E-state index in [0.29, 0.717) is 34.9 Å². The summed E-state index contributed by atoms with van der Waals surface area (Å²) in [7, 11) is 0. The highest BCUT2D eigenvalue weighted by Crippen LogP contribution is 2.34. The minimum absolute atomic E-state index is 0.273. The highest BCUT2D eigenvalue weighted by Gasteiger charge is 2.19. The number of hydrogen-bond donors (Lipinski definition) is 1. The summed E-state index contributed by atoms with van der Waals surface area (Å²) in [4.78, 5) is 20.3. The Morgan fingerprint density at radius 2 is 2.14 bits per heavy atom. The fraction of sp³-hybridized carbons (Fsp3) is 0.500. The van der Waals surface area contributed by atoms with Gasteiger partial charge in [-0.2, -0.15) is 0 Å². The number of rotatable bonds is 8. The molecule has 0 radical (unpaired) electrons. The van der Waals surface area contributed by atoms with Crippen molar-refractivity contribution in [3.63, 3.8) is 0 Å². The van der Waals surface area contributed by atoms with E-state index >= 15 is 0 Å². The van der Waals surface area contributed by atoms with E-state index in [1.54, 1.807) is 6.92 Å². The van der Waals surface area contributed by atoms with Gasteiger partial charge >= 0.3 is 5.97 Å². The van der Waals surface area contributed by atoms with Crippen LogP contribution in [0, 0.1) is 6.92 Å².